The van der Waals surface area contributed by atoms with Crippen LogP contribution in [-0.2, 0) is 11.3 Å². The molecule has 0 saturated heterocycles. The fourth-order valence-electron chi connectivity index (χ4n) is 3.58. The predicted octanol–water partition coefficient (Wildman–Crippen LogP) is 5.16. The Morgan fingerprint density at radius 1 is 0.852 bits per heavy atom. The summed E-state index contributed by atoms with van der Waals surface area (Å²) in [6, 6.07) is 25.2. The zero-order valence-corrected chi connectivity index (χ0v) is 14.7. The molecule has 0 unspecified atom stereocenters. The Bertz CT molecular complexity index is 1100. The van der Waals surface area contributed by atoms with Crippen LogP contribution in [0.4, 0.5) is 0 Å². The summed E-state index contributed by atoms with van der Waals surface area (Å²) in [6.45, 7) is 0.355. The second-order valence-electron chi connectivity index (χ2n) is 6.45. The maximum Gasteiger partial charge on any atom is 0.305 e. The monoisotopic (exact) mass is 357 g/mol. The van der Waals surface area contributed by atoms with E-state index in [9.17, 15) is 15.0 Å². The molecule has 0 amide bonds. The van der Waals surface area contributed by atoms with Crippen molar-refractivity contribution in [2.45, 2.75) is 13.0 Å². The van der Waals surface area contributed by atoms with Crippen molar-refractivity contribution in [1.29, 1.82) is 0 Å². The zero-order valence-electron chi connectivity index (χ0n) is 14.7. The number of rotatable bonds is 5. The fourth-order valence-corrected chi connectivity index (χ4v) is 3.58. The molecule has 134 valence electrons. The standard InChI is InChI=1S/C23H19NO3/c25-18-11-12-20-19(15-18)22(16-7-3-1-4-8-16)23(17-9-5-2-6-10-17)24(20)14-13-21(26)27/h1-12,15,25H,13-14H2,(H,26,27). The number of carbonyl (C=O) groups is 1. The molecule has 4 rings (SSSR count). The van der Waals surface area contributed by atoms with Gasteiger partial charge in [-0.05, 0) is 29.3 Å². The Kier molecular flexibility index (Phi) is 4.38. The van der Waals surface area contributed by atoms with Crippen LogP contribution in [0.15, 0.2) is 78.9 Å². The van der Waals surface area contributed by atoms with E-state index in [1.54, 1.807) is 12.1 Å². The molecule has 2 N–H and O–H groups in total. The van der Waals surface area contributed by atoms with Gasteiger partial charge >= 0.3 is 5.97 Å². The van der Waals surface area contributed by atoms with Crippen molar-refractivity contribution in [3.63, 3.8) is 0 Å². The summed E-state index contributed by atoms with van der Waals surface area (Å²) in [5.41, 5.74) is 4.91. The number of phenols is 1. The number of fused-ring (bicyclic) bond motifs is 1. The van der Waals surface area contributed by atoms with E-state index >= 15 is 0 Å². The minimum absolute atomic E-state index is 0.0265. The van der Waals surface area contributed by atoms with Crippen molar-refractivity contribution >= 4 is 16.9 Å². The minimum atomic E-state index is -0.837. The molecule has 0 aliphatic carbocycles. The first-order valence-corrected chi connectivity index (χ1v) is 8.83. The molecule has 27 heavy (non-hydrogen) atoms. The van der Waals surface area contributed by atoms with Crippen LogP contribution in [-0.4, -0.2) is 20.7 Å². The zero-order chi connectivity index (χ0) is 18.8. The van der Waals surface area contributed by atoms with Crippen molar-refractivity contribution in [3.05, 3.63) is 78.9 Å². The largest absolute Gasteiger partial charge is 0.508 e. The van der Waals surface area contributed by atoms with Crippen LogP contribution in [0.2, 0.25) is 0 Å². The molecule has 1 aromatic heterocycles. The molecule has 0 spiro atoms. The highest BCUT2D eigenvalue weighted by Crippen LogP contribution is 2.42. The van der Waals surface area contributed by atoms with Gasteiger partial charge in [-0.15, -0.1) is 0 Å². The van der Waals surface area contributed by atoms with E-state index in [0.29, 0.717) is 6.54 Å². The SMILES string of the molecule is O=C(O)CCn1c(-c2ccccc2)c(-c2ccccc2)c2cc(O)ccc21. The molecule has 1 heterocycles. The topological polar surface area (TPSA) is 62.5 Å². The quantitative estimate of drug-likeness (QED) is 0.519. The maximum atomic E-state index is 11.2. The molecule has 4 aromatic rings. The number of carboxylic acids is 1. The molecule has 3 aromatic carbocycles. The lowest BCUT2D eigenvalue weighted by atomic mass is 9.98. The van der Waals surface area contributed by atoms with Crippen molar-refractivity contribution in [3.8, 4) is 28.1 Å². The molecule has 0 aliphatic heterocycles. The normalized spacial score (nSPS) is 11.0. The van der Waals surface area contributed by atoms with Crippen molar-refractivity contribution in [2.75, 3.05) is 0 Å². The van der Waals surface area contributed by atoms with E-state index in [2.05, 4.69) is 0 Å². The molecule has 0 radical (unpaired) electrons. The van der Waals surface area contributed by atoms with E-state index in [1.807, 2.05) is 71.3 Å². The van der Waals surface area contributed by atoms with Gasteiger partial charge in [0.05, 0.1) is 12.1 Å². The Hall–Kier alpha value is -3.53. The second-order valence-corrected chi connectivity index (χ2v) is 6.45. The van der Waals surface area contributed by atoms with Gasteiger partial charge in [0.15, 0.2) is 0 Å². The predicted molar refractivity (Wildman–Crippen MR) is 107 cm³/mol. The van der Waals surface area contributed by atoms with E-state index < -0.39 is 5.97 Å². The summed E-state index contributed by atoms with van der Waals surface area (Å²) in [5, 5.41) is 20.2. The third kappa shape index (κ3) is 3.17. The highest BCUT2D eigenvalue weighted by Gasteiger charge is 2.20. The van der Waals surface area contributed by atoms with Crippen LogP contribution in [0.1, 0.15) is 6.42 Å². The molecule has 4 nitrogen and oxygen atoms in total. The summed E-state index contributed by atoms with van der Waals surface area (Å²) in [7, 11) is 0. The van der Waals surface area contributed by atoms with Gasteiger partial charge in [-0.3, -0.25) is 4.79 Å². The Balaban J connectivity index is 2.09. The fraction of sp³-hybridized carbons (Fsp3) is 0.0870. The van der Waals surface area contributed by atoms with Crippen molar-refractivity contribution in [1.82, 2.24) is 4.57 Å². The van der Waals surface area contributed by atoms with Gasteiger partial charge in [0.2, 0.25) is 0 Å². The van der Waals surface area contributed by atoms with Crippen LogP contribution in [0.25, 0.3) is 33.3 Å². The summed E-state index contributed by atoms with van der Waals surface area (Å²) < 4.78 is 2.04. The number of hydrogen-bond acceptors (Lipinski definition) is 2. The highest BCUT2D eigenvalue weighted by atomic mass is 16.4. The average Bonchev–Trinajstić information content (AvgIpc) is 3.01. The molecule has 0 bridgehead atoms. The maximum absolute atomic E-state index is 11.2. The first-order chi connectivity index (χ1) is 13.1. The first kappa shape index (κ1) is 16.9. The van der Waals surface area contributed by atoms with Gasteiger partial charge in [0.1, 0.15) is 5.75 Å². The third-order valence-corrected chi connectivity index (χ3v) is 4.71. The minimum Gasteiger partial charge on any atom is -0.508 e. The lowest BCUT2D eigenvalue weighted by Gasteiger charge is -2.12. The van der Waals surface area contributed by atoms with Crippen LogP contribution >= 0.6 is 0 Å². The molecular weight excluding hydrogens is 338 g/mol. The summed E-state index contributed by atoms with van der Waals surface area (Å²) in [4.78, 5) is 11.2. The lowest BCUT2D eigenvalue weighted by Crippen LogP contribution is -2.06. The third-order valence-electron chi connectivity index (χ3n) is 4.71. The van der Waals surface area contributed by atoms with E-state index in [1.165, 1.54) is 0 Å². The van der Waals surface area contributed by atoms with Crippen LogP contribution < -0.4 is 0 Å². The van der Waals surface area contributed by atoms with Crippen LogP contribution in [0, 0.1) is 0 Å². The van der Waals surface area contributed by atoms with Gasteiger partial charge in [-0.2, -0.15) is 0 Å². The number of aliphatic carboxylic acids is 1. The second kappa shape index (κ2) is 7.00. The summed E-state index contributed by atoms with van der Waals surface area (Å²) in [5.74, 6) is -0.648. The molecule has 0 aliphatic rings. The number of carboxylic acid groups (broad SMARTS) is 1. The molecule has 0 atom stereocenters. The number of benzene rings is 3. The lowest BCUT2D eigenvalue weighted by molar-refractivity contribution is -0.137. The number of aryl methyl sites for hydroxylation is 1. The number of aromatic nitrogens is 1. The first-order valence-electron chi connectivity index (χ1n) is 8.83. The summed E-state index contributed by atoms with van der Waals surface area (Å²) >= 11 is 0. The number of hydrogen-bond donors (Lipinski definition) is 2. The van der Waals surface area contributed by atoms with E-state index in [4.69, 9.17) is 0 Å². The highest BCUT2D eigenvalue weighted by molar-refractivity contribution is 6.05. The Labute approximate surface area is 156 Å². The smallest absolute Gasteiger partial charge is 0.305 e. The van der Waals surface area contributed by atoms with E-state index in [-0.39, 0.29) is 12.2 Å². The van der Waals surface area contributed by atoms with Gasteiger partial charge in [0, 0.05) is 23.0 Å². The van der Waals surface area contributed by atoms with Gasteiger partial charge in [0.25, 0.3) is 0 Å². The van der Waals surface area contributed by atoms with Gasteiger partial charge in [-0.25, -0.2) is 0 Å². The molecular formula is C23H19NO3. The molecule has 0 fully saturated rings. The Morgan fingerprint density at radius 3 is 2.11 bits per heavy atom. The number of nitrogens with zero attached hydrogens (tertiary/aromatic N) is 1. The van der Waals surface area contributed by atoms with Crippen molar-refractivity contribution < 1.29 is 15.0 Å². The van der Waals surface area contributed by atoms with Crippen LogP contribution in [0.5, 0.6) is 5.75 Å². The van der Waals surface area contributed by atoms with Crippen molar-refractivity contribution in [2.24, 2.45) is 0 Å². The summed E-state index contributed by atoms with van der Waals surface area (Å²) in [6.07, 6.45) is 0.0265. The van der Waals surface area contributed by atoms with Gasteiger partial charge < -0.3 is 14.8 Å². The average molecular weight is 357 g/mol. The number of phenolic OH excluding ortho intramolecular Hbond substituents is 1. The Morgan fingerprint density at radius 2 is 1.48 bits per heavy atom. The van der Waals surface area contributed by atoms with E-state index in [0.717, 1.165) is 33.3 Å². The van der Waals surface area contributed by atoms with Gasteiger partial charge in [-0.1, -0.05) is 60.7 Å². The number of aromatic hydroxyl groups is 1. The molecule has 0 saturated carbocycles. The van der Waals surface area contributed by atoms with Crippen LogP contribution in [0.3, 0.4) is 0 Å². The molecule has 4 heteroatoms.